The molecule has 374 valence electrons. The Morgan fingerprint density at radius 1 is 0.587 bits per heavy atom. The number of hydrogen-bond donors (Lipinski definition) is 0. The molecule has 8 aromatic rings. The molecule has 1 unspecified atom stereocenters. The van der Waals surface area contributed by atoms with E-state index in [0.29, 0.717) is 0 Å². The first-order valence-electron chi connectivity index (χ1n) is 27.3. The van der Waals surface area contributed by atoms with Gasteiger partial charge < -0.3 is 4.42 Å². The minimum atomic E-state index is -0.299. The molecule has 75 heavy (non-hydrogen) atoms. The van der Waals surface area contributed by atoms with E-state index in [9.17, 15) is 0 Å². The van der Waals surface area contributed by atoms with Gasteiger partial charge in [-0.3, -0.25) is 0 Å². The lowest BCUT2D eigenvalue weighted by molar-refractivity contribution is 0.600. The SMILES string of the molecule is C/C=C\c1oc2c(-c3ccc(C)cc3)cccc2c1CC.C=CC1=C(/C=C\C)c2cc(-c3cccc(-c4ccccc4CCC)c3)ccc2C1(C1=CCCC=C1)C1=CC=CCC1.Cc1ccc(-c2ccccc2)cc1. The van der Waals surface area contributed by atoms with Crippen LogP contribution in [-0.4, -0.2) is 0 Å². The van der Waals surface area contributed by atoms with Crippen LogP contribution in [0.1, 0.15) is 98.9 Å². The third kappa shape index (κ3) is 11.0. The van der Waals surface area contributed by atoms with Gasteiger partial charge in [-0.25, -0.2) is 0 Å². The zero-order chi connectivity index (χ0) is 52.2. The zero-order valence-corrected chi connectivity index (χ0v) is 45.0. The van der Waals surface area contributed by atoms with Gasteiger partial charge >= 0.3 is 0 Å². The van der Waals surface area contributed by atoms with Crippen molar-refractivity contribution in [3.63, 3.8) is 0 Å². The van der Waals surface area contributed by atoms with Crippen molar-refractivity contribution in [3.05, 3.63) is 287 Å². The van der Waals surface area contributed by atoms with Crippen molar-refractivity contribution in [1.29, 1.82) is 0 Å². The fourth-order valence-electron chi connectivity index (χ4n) is 11.4. The summed E-state index contributed by atoms with van der Waals surface area (Å²) in [6, 6.07) is 59.2. The highest BCUT2D eigenvalue weighted by atomic mass is 16.3. The smallest absolute Gasteiger partial charge is 0.142 e. The summed E-state index contributed by atoms with van der Waals surface area (Å²) in [5, 5.41) is 1.23. The van der Waals surface area contributed by atoms with Crippen LogP contribution in [0.3, 0.4) is 0 Å². The van der Waals surface area contributed by atoms with Crippen LogP contribution in [0.15, 0.2) is 252 Å². The number of allylic oxidation sites excluding steroid dienone is 14. The lowest BCUT2D eigenvalue weighted by Crippen LogP contribution is -2.32. The van der Waals surface area contributed by atoms with Crippen LogP contribution < -0.4 is 0 Å². The van der Waals surface area contributed by atoms with Gasteiger partial charge in [0.2, 0.25) is 0 Å². The van der Waals surface area contributed by atoms with E-state index in [1.54, 1.807) is 0 Å². The normalized spacial score (nSPS) is 15.8. The molecule has 7 aromatic carbocycles. The van der Waals surface area contributed by atoms with Gasteiger partial charge in [-0.05, 0) is 157 Å². The fraction of sp³-hybridized carbons (Fsp3) is 0.189. The van der Waals surface area contributed by atoms with Gasteiger partial charge in [-0.15, -0.1) is 0 Å². The Balaban J connectivity index is 0.000000166. The Hall–Kier alpha value is -8.00. The molecule has 1 atom stereocenters. The number of hydrogen-bond acceptors (Lipinski definition) is 1. The van der Waals surface area contributed by atoms with Crippen molar-refractivity contribution in [2.45, 2.75) is 91.9 Å². The highest BCUT2D eigenvalue weighted by Crippen LogP contribution is 2.58. The first kappa shape index (κ1) is 51.9. The third-order valence-corrected chi connectivity index (χ3v) is 15.0. The molecule has 1 aromatic heterocycles. The third-order valence-electron chi connectivity index (χ3n) is 15.0. The Bertz CT molecular complexity index is 3500. The minimum absolute atomic E-state index is 0.299. The maximum absolute atomic E-state index is 6.16. The summed E-state index contributed by atoms with van der Waals surface area (Å²) in [5.74, 6) is 0.981. The van der Waals surface area contributed by atoms with Crippen molar-refractivity contribution in [3.8, 4) is 44.5 Å². The molecule has 0 saturated carbocycles. The molecule has 3 aliphatic carbocycles. The molecular weight excluding hydrogens is 905 g/mol. The molecule has 3 aliphatic rings. The summed E-state index contributed by atoms with van der Waals surface area (Å²) in [6.45, 7) is 17.2. The maximum atomic E-state index is 6.16. The van der Waals surface area contributed by atoms with E-state index < -0.39 is 0 Å². The van der Waals surface area contributed by atoms with E-state index >= 15 is 0 Å². The highest BCUT2D eigenvalue weighted by Gasteiger charge is 2.48. The van der Waals surface area contributed by atoms with Gasteiger partial charge in [0, 0.05) is 16.5 Å². The van der Waals surface area contributed by atoms with Crippen LogP contribution in [0.5, 0.6) is 0 Å². The molecule has 11 rings (SSSR count). The standard InChI is InChI=1S/C41H40.C20H20O.C13H12/c1-4-16-30-18-13-14-25-36(30)33-20-15-19-31(28-33)32-26-27-40-38(29-32)37(17-5-2)39(6-3)41(40,34-21-9-7-10-22-34)35-23-11-8-12-24-35;1-4-7-19-16(5-2)18-9-6-8-17(20(18)21-19)15-12-10-14(3)11-13-15;1-11-7-9-13(10-8-11)12-5-3-2-4-6-12/h5-7,9,11,13-15,17-21,23-29H,3-4,8,10,12,16,22H2,1-2H3;4,6-13H,5H2,1-3H3;2-10H,1H3/b17-5-;7-4-;. The van der Waals surface area contributed by atoms with Crippen LogP contribution in [-0.2, 0) is 18.3 Å². The van der Waals surface area contributed by atoms with Crippen molar-refractivity contribution >= 4 is 22.6 Å². The molecule has 0 spiro atoms. The molecule has 0 saturated heterocycles. The zero-order valence-electron chi connectivity index (χ0n) is 45.0. The second kappa shape index (κ2) is 24.4. The average Bonchev–Trinajstić information content (AvgIpc) is 3.98. The average molecular weight is 977 g/mol. The lowest BCUT2D eigenvalue weighted by atomic mass is 9.63. The topological polar surface area (TPSA) is 13.1 Å². The highest BCUT2D eigenvalue weighted by molar-refractivity contribution is 5.96. The first-order chi connectivity index (χ1) is 36.8. The summed E-state index contributed by atoms with van der Waals surface area (Å²) in [4.78, 5) is 0. The largest absolute Gasteiger partial charge is 0.456 e. The van der Waals surface area contributed by atoms with Gasteiger partial charge in [0.25, 0.3) is 0 Å². The van der Waals surface area contributed by atoms with Crippen molar-refractivity contribution in [1.82, 2.24) is 0 Å². The van der Waals surface area contributed by atoms with E-state index in [-0.39, 0.29) is 5.41 Å². The first-order valence-corrected chi connectivity index (χ1v) is 27.3. The Morgan fingerprint density at radius 2 is 1.24 bits per heavy atom. The van der Waals surface area contributed by atoms with Gasteiger partial charge in [-0.1, -0.05) is 256 Å². The fourth-order valence-corrected chi connectivity index (χ4v) is 11.4. The van der Waals surface area contributed by atoms with E-state index in [1.165, 1.54) is 100 Å². The molecule has 1 heterocycles. The maximum Gasteiger partial charge on any atom is 0.142 e. The molecule has 0 bridgehead atoms. The Morgan fingerprint density at radius 3 is 1.92 bits per heavy atom. The quantitative estimate of drug-likeness (QED) is 0.119. The van der Waals surface area contributed by atoms with Crippen LogP contribution in [0.2, 0.25) is 0 Å². The van der Waals surface area contributed by atoms with Gasteiger partial charge in [0.05, 0.1) is 5.41 Å². The number of rotatable bonds is 12. The van der Waals surface area contributed by atoms with E-state index in [2.05, 4.69) is 260 Å². The van der Waals surface area contributed by atoms with Crippen LogP contribution in [0.4, 0.5) is 0 Å². The summed E-state index contributed by atoms with van der Waals surface area (Å²) >= 11 is 0. The Kier molecular flexibility index (Phi) is 16.8. The lowest BCUT2D eigenvalue weighted by Gasteiger charge is -2.39. The van der Waals surface area contributed by atoms with E-state index in [1.807, 2.05) is 19.1 Å². The Labute approximate surface area is 448 Å². The molecule has 0 amide bonds. The van der Waals surface area contributed by atoms with Crippen molar-refractivity contribution in [2.75, 3.05) is 0 Å². The molecule has 1 heteroatoms. The molecule has 0 N–H and O–H groups in total. The van der Waals surface area contributed by atoms with Gasteiger partial charge in [0.1, 0.15) is 11.3 Å². The molecular formula is C74H72O. The van der Waals surface area contributed by atoms with Crippen LogP contribution in [0.25, 0.3) is 67.1 Å². The summed E-state index contributed by atoms with van der Waals surface area (Å²) < 4.78 is 6.16. The predicted octanol–water partition coefficient (Wildman–Crippen LogP) is 21.0. The number of furan rings is 1. The van der Waals surface area contributed by atoms with E-state index in [0.717, 1.165) is 61.9 Å². The molecule has 1 nitrogen and oxygen atoms in total. The number of aryl methyl sites for hydroxylation is 4. The second-order valence-electron chi connectivity index (χ2n) is 19.9. The van der Waals surface area contributed by atoms with Gasteiger partial charge in [0.15, 0.2) is 0 Å². The van der Waals surface area contributed by atoms with Crippen LogP contribution in [0, 0.1) is 13.8 Å². The second-order valence-corrected chi connectivity index (χ2v) is 19.9. The monoisotopic (exact) mass is 977 g/mol. The van der Waals surface area contributed by atoms with E-state index in [4.69, 9.17) is 4.42 Å². The summed E-state index contributed by atoms with van der Waals surface area (Å²) in [5.41, 5.74) is 24.2. The summed E-state index contributed by atoms with van der Waals surface area (Å²) in [6.07, 6.45) is 32.3. The van der Waals surface area contributed by atoms with Crippen molar-refractivity contribution in [2.24, 2.45) is 0 Å². The van der Waals surface area contributed by atoms with Gasteiger partial charge in [-0.2, -0.15) is 0 Å². The predicted molar refractivity (Wildman–Crippen MR) is 325 cm³/mol. The number of para-hydroxylation sites is 1. The molecule has 0 aliphatic heterocycles. The number of benzene rings is 7. The summed E-state index contributed by atoms with van der Waals surface area (Å²) in [7, 11) is 0. The number of fused-ring (bicyclic) bond motifs is 2. The minimum Gasteiger partial charge on any atom is -0.456 e. The van der Waals surface area contributed by atoms with Crippen LogP contribution >= 0.6 is 0 Å². The molecule has 0 fully saturated rings. The molecule has 0 radical (unpaired) electrons. The van der Waals surface area contributed by atoms with Crippen molar-refractivity contribution < 1.29 is 4.42 Å².